The molecule has 0 aromatic carbocycles. The maximum Gasteiger partial charge on any atom is 0.326 e. The van der Waals surface area contributed by atoms with Gasteiger partial charge in [-0.1, -0.05) is 6.92 Å². The third-order valence-electron chi connectivity index (χ3n) is 3.30. The molecule has 0 bridgehead atoms. The Balaban J connectivity index is 2.26. The Bertz CT molecular complexity index is 451. The van der Waals surface area contributed by atoms with Gasteiger partial charge in [0.2, 0.25) is 0 Å². The number of carboxylic acid groups (broad SMARTS) is 1. The topological polar surface area (TPSA) is 70.8 Å². The summed E-state index contributed by atoms with van der Waals surface area (Å²) < 4.78 is 5.07. The highest BCUT2D eigenvalue weighted by Crippen LogP contribution is 2.26. The number of furan rings is 1. The lowest BCUT2D eigenvalue weighted by Crippen LogP contribution is -2.42. The van der Waals surface area contributed by atoms with Crippen molar-refractivity contribution in [3.8, 4) is 0 Å². The first-order chi connectivity index (χ1) is 8.02. The van der Waals surface area contributed by atoms with Crippen LogP contribution in [0.5, 0.6) is 0 Å². The van der Waals surface area contributed by atoms with E-state index in [0.29, 0.717) is 17.9 Å². The summed E-state index contributed by atoms with van der Waals surface area (Å²) in [6.07, 6.45) is 2.16. The number of hydrogen-bond acceptors (Lipinski definition) is 3. The molecule has 0 spiro atoms. The number of likely N-dealkylation sites (tertiary alicyclic amines) is 1. The summed E-state index contributed by atoms with van der Waals surface area (Å²) in [6.45, 7) is 4.04. The minimum Gasteiger partial charge on any atom is -0.480 e. The van der Waals surface area contributed by atoms with E-state index in [0.717, 1.165) is 6.42 Å². The summed E-state index contributed by atoms with van der Waals surface area (Å²) in [5.41, 5.74) is 0.449. The summed E-state index contributed by atoms with van der Waals surface area (Å²) in [5, 5.41) is 9.15. The molecule has 2 atom stereocenters. The lowest BCUT2D eigenvalue weighted by molar-refractivity contribution is -0.142. The molecule has 1 amide bonds. The smallest absolute Gasteiger partial charge is 0.326 e. The van der Waals surface area contributed by atoms with Crippen LogP contribution in [0.1, 0.15) is 29.5 Å². The van der Waals surface area contributed by atoms with Gasteiger partial charge in [0.1, 0.15) is 11.8 Å². The van der Waals surface area contributed by atoms with Crippen LogP contribution in [-0.4, -0.2) is 34.5 Å². The molecule has 5 nitrogen and oxygen atoms in total. The second kappa shape index (κ2) is 4.24. The summed E-state index contributed by atoms with van der Waals surface area (Å²) in [5.74, 6) is -0.681. The van der Waals surface area contributed by atoms with E-state index in [2.05, 4.69) is 0 Å². The van der Waals surface area contributed by atoms with Gasteiger partial charge in [0.05, 0.1) is 11.8 Å². The summed E-state index contributed by atoms with van der Waals surface area (Å²) >= 11 is 0. The molecule has 1 aromatic heterocycles. The average molecular weight is 237 g/mol. The van der Waals surface area contributed by atoms with Gasteiger partial charge >= 0.3 is 5.97 Å². The standard InChI is InChI=1S/C12H15NO4/c1-7-3-5-13(10(7)12(15)16)11(14)9-4-6-17-8(9)2/h4,6-7,10H,3,5H2,1-2H3,(H,15,16). The van der Waals surface area contributed by atoms with E-state index in [4.69, 9.17) is 9.52 Å². The van der Waals surface area contributed by atoms with Gasteiger partial charge in [-0.25, -0.2) is 4.79 Å². The van der Waals surface area contributed by atoms with Crippen LogP contribution in [0.3, 0.4) is 0 Å². The van der Waals surface area contributed by atoms with Crippen LogP contribution in [0.15, 0.2) is 16.7 Å². The number of carbonyl (C=O) groups excluding carboxylic acids is 1. The maximum atomic E-state index is 12.2. The highest BCUT2D eigenvalue weighted by molar-refractivity contribution is 5.97. The number of nitrogens with zero attached hydrogens (tertiary/aromatic N) is 1. The number of rotatable bonds is 2. The molecular formula is C12H15NO4. The van der Waals surface area contributed by atoms with Gasteiger partial charge in [0.25, 0.3) is 5.91 Å². The number of hydrogen-bond donors (Lipinski definition) is 1. The lowest BCUT2D eigenvalue weighted by Gasteiger charge is -2.23. The van der Waals surface area contributed by atoms with Crippen LogP contribution >= 0.6 is 0 Å². The highest BCUT2D eigenvalue weighted by Gasteiger charge is 2.40. The van der Waals surface area contributed by atoms with Gasteiger partial charge in [-0.05, 0) is 25.3 Å². The van der Waals surface area contributed by atoms with Gasteiger partial charge in [-0.15, -0.1) is 0 Å². The Kier molecular flexibility index (Phi) is 2.92. The zero-order valence-electron chi connectivity index (χ0n) is 9.84. The Morgan fingerprint density at radius 2 is 2.24 bits per heavy atom. The van der Waals surface area contributed by atoms with Gasteiger partial charge in [-0.2, -0.15) is 0 Å². The lowest BCUT2D eigenvalue weighted by atomic mass is 10.0. The molecule has 1 saturated heterocycles. The number of amides is 1. The van der Waals surface area contributed by atoms with Crippen LogP contribution < -0.4 is 0 Å². The molecule has 0 radical (unpaired) electrons. The molecule has 2 unspecified atom stereocenters. The highest BCUT2D eigenvalue weighted by atomic mass is 16.4. The maximum absolute atomic E-state index is 12.2. The van der Waals surface area contributed by atoms with Crippen molar-refractivity contribution in [2.45, 2.75) is 26.3 Å². The first kappa shape index (κ1) is 11.7. The molecule has 1 aliphatic rings. The molecule has 1 N–H and O–H groups in total. The largest absolute Gasteiger partial charge is 0.480 e. The van der Waals surface area contributed by atoms with Crippen molar-refractivity contribution in [2.24, 2.45) is 5.92 Å². The van der Waals surface area contributed by atoms with Gasteiger partial charge in [0.15, 0.2) is 0 Å². The molecular weight excluding hydrogens is 222 g/mol. The van der Waals surface area contributed by atoms with Crippen LogP contribution in [-0.2, 0) is 4.79 Å². The summed E-state index contributed by atoms with van der Waals surface area (Å²) in [4.78, 5) is 24.8. The molecule has 5 heteroatoms. The predicted octanol–water partition coefficient (Wildman–Crippen LogP) is 1.52. The first-order valence-corrected chi connectivity index (χ1v) is 5.60. The second-order valence-corrected chi connectivity index (χ2v) is 4.44. The summed E-state index contributed by atoms with van der Waals surface area (Å²) in [6, 6.07) is 0.858. The van der Waals surface area contributed by atoms with Crippen molar-refractivity contribution < 1.29 is 19.1 Å². The van der Waals surface area contributed by atoms with Gasteiger partial charge in [0, 0.05) is 6.54 Å². The van der Waals surface area contributed by atoms with E-state index in [1.54, 1.807) is 13.0 Å². The third-order valence-corrected chi connectivity index (χ3v) is 3.30. The molecule has 0 aliphatic carbocycles. The fourth-order valence-electron chi connectivity index (χ4n) is 2.31. The summed E-state index contributed by atoms with van der Waals surface area (Å²) in [7, 11) is 0. The van der Waals surface area contributed by atoms with Crippen LogP contribution in [0.4, 0.5) is 0 Å². The molecule has 1 aliphatic heterocycles. The van der Waals surface area contributed by atoms with E-state index >= 15 is 0 Å². The monoisotopic (exact) mass is 237 g/mol. The van der Waals surface area contributed by atoms with Crippen LogP contribution in [0, 0.1) is 12.8 Å². The quantitative estimate of drug-likeness (QED) is 0.846. The number of aliphatic carboxylic acids is 1. The number of carboxylic acids is 1. The minimum absolute atomic E-state index is 0.0105. The number of carbonyl (C=O) groups is 2. The third kappa shape index (κ3) is 1.92. The van der Waals surface area contributed by atoms with Crippen molar-refractivity contribution in [3.05, 3.63) is 23.7 Å². The molecule has 2 heterocycles. The Morgan fingerprint density at radius 1 is 1.53 bits per heavy atom. The number of aryl methyl sites for hydroxylation is 1. The Hall–Kier alpha value is -1.78. The van der Waals surface area contributed by atoms with E-state index in [9.17, 15) is 9.59 Å². The predicted molar refractivity (Wildman–Crippen MR) is 59.7 cm³/mol. The van der Waals surface area contributed by atoms with Crippen molar-refractivity contribution in [2.75, 3.05) is 6.54 Å². The van der Waals surface area contributed by atoms with Crippen molar-refractivity contribution in [1.29, 1.82) is 0 Å². The van der Waals surface area contributed by atoms with Crippen LogP contribution in [0.25, 0.3) is 0 Å². The first-order valence-electron chi connectivity index (χ1n) is 5.60. The van der Waals surface area contributed by atoms with Crippen molar-refractivity contribution >= 4 is 11.9 Å². The molecule has 0 saturated carbocycles. The van der Waals surface area contributed by atoms with E-state index in [1.807, 2.05) is 6.92 Å². The molecule has 92 valence electrons. The van der Waals surface area contributed by atoms with E-state index < -0.39 is 12.0 Å². The SMILES string of the molecule is Cc1occc1C(=O)N1CCC(C)C1C(=O)O. The Morgan fingerprint density at radius 3 is 2.76 bits per heavy atom. The average Bonchev–Trinajstić information content (AvgIpc) is 2.83. The van der Waals surface area contributed by atoms with Crippen molar-refractivity contribution in [3.63, 3.8) is 0 Å². The second-order valence-electron chi connectivity index (χ2n) is 4.44. The minimum atomic E-state index is -0.940. The molecule has 1 fully saturated rings. The van der Waals surface area contributed by atoms with E-state index in [-0.39, 0.29) is 11.8 Å². The normalized spacial score (nSPS) is 24.0. The molecule has 17 heavy (non-hydrogen) atoms. The van der Waals surface area contributed by atoms with E-state index in [1.165, 1.54) is 11.2 Å². The fourth-order valence-corrected chi connectivity index (χ4v) is 2.31. The Labute approximate surface area is 99.0 Å². The zero-order chi connectivity index (χ0) is 12.6. The molecule has 1 aromatic rings. The molecule has 2 rings (SSSR count). The van der Waals surface area contributed by atoms with Gasteiger partial charge in [-0.3, -0.25) is 4.79 Å². The zero-order valence-corrected chi connectivity index (χ0v) is 9.84. The van der Waals surface area contributed by atoms with Crippen LogP contribution in [0.2, 0.25) is 0 Å². The fraction of sp³-hybridized carbons (Fsp3) is 0.500. The van der Waals surface area contributed by atoms with Gasteiger partial charge < -0.3 is 14.4 Å². The van der Waals surface area contributed by atoms with Crippen molar-refractivity contribution in [1.82, 2.24) is 4.90 Å².